The first-order valence-electron chi connectivity index (χ1n) is 9.14. The Hall–Kier alpha value is -2.06. The largest absolute Gasteiger partial charge is 0.494 e. The van der Waals surface area contributed by atoms with E-state index in [1.54, 1.807) is 18.2 Å². The Morgan fingerprint density at radius 1 is 1.18 bits per heavy atom. The Labute approximate surface area is 168 Å². The molecule has 5 nitrogen and oxygen atoms in total. The van der Waals surface area contributed by atoms with Gasteiger partial charge in [0, 0.05) is 16.5 Å². The minimum atomic E-state index is -3.02. The van der Waals surface area contributed by atoms with Gasteiger partial charge in [-0.1, -0.05) is 30.0 Å². The van der Waals surface area contributed by atoms with Crippen molar-refractivity contribution in [3.05, 3.63) is 59.9 Å². The summed E-state index contributed by atoms with van der Waals surface area (Å²) in [4.78, 5) is 6.63. The predicted molar refractivity (Wildman–Crippen MR) is 111 cm³/mol. The van der Waals surface area contributed by atoms with Crippen molar-refractivity contribution in [1.82, 2.24) is 0 Å². The van der Waals surface area contributed by atoms with Crippen LogP contribution in [0.4, 0.5) is 10.1 Å². The third-order valence-electron chi connectivity index (χ3n) is 4.78. The molecule has 1 fully saturated rings. The second-order valence-corrected chi connectivity index (χ2v) is 10.2. The van der Waals surface area contributed by atoms with Crippen LogP contribution in [0.3, 0.4) is 0 Å². The average molecular weight is 421 g/mol. The number of aliphatic imine (C=N–C) groups is 1. The maximum Gasteiger partial charge on any atom is 0.164 e. The van der Waals surface area contributed by atoms with E-state index in [9.17, 15) is 12.8 Å². The number of halogens is 1. The number of hydrogen-bond acceptors (Lipinski definition) is 6. The summed E-state index contributed by atoms with van der Waals surface area (Å²) in [5.41, 5.74) is 1.42. The van der Waals surface area contributed by atoms with Gasteiger partial charge in [-0.05, 0) is 37.3 Å². The summed E-state index contributed by atoms with van der Waals surface area (Å²) in [6.07, 6.45) is 0. The van der Waals surface area contributed by atoms with Gasteiger partial charge in [-0.3, -0.25) is 4.99 Å². The van der Waals surface area contributed by atoms with Crippen molar-refractivity contribution < 1.29 is 17.5 Å². The number of anilines is 1. The lowest BCUT2D eigenvalue weighted by molar-refractivity contribution is 0.340. The van der Waals surface area contributed by atoms with Gasteiger partial charge in [0.2, 0.25) is 0 Å². The summed E-state index contributed by atoms with van der Waals surface area (Å²) in [6, 6.07) is 14.0. The van der Waals surface area contributed by atoms with Crippen molar-refractivity contribution in [2.24, 2.45) is 4.99 Å². The molecule has 0 unspecified atom stereocenters. The molecule has 148 valence electrons. The van der Waals surface area contributed by atoms with Crippen LogP contribution in [0.1, 0.15) is 12.5 Å². The number of rotatable bonds is 5. The summed E-state index contributed by atoms with van der Waals surface area (Å²) < 4.78 is 43.5. The normalized spacial score (nSPS) is 22.6. The summed E-state index contributed by atoms with van der Waals surface area (Å²) >= 11 is 1.47. The second kappa shape index (κ2) is 7.75. The SMILES string of the molecule is CCOc1ccc(N(Cc2ccccc2F)C2=N[C@@H]3CS(=O)(=O)C[C@@H]3S2)cc1. The molecule has 0 bridgehead atoms. The van der Waals surface area contributed by atoms with Crippen LogP contribution in [-0.4, -0.2) is 43.0 Å². The van der Waals surface area contributed by atoms with Gasteiger partial charge in [-0.15, -0.1) is 0 Å². The minimum absolute atomic E-state index is 0.0641. The lowest BCUT2D eigenvalue weighted by Gasteiger charge is -2.25. The zero-order chi connectivity index (χ0) is 19.7. The maximum atomic E-state index is 14.3. The molecule has 1 saturated heterocycles. The molecule has 2 heterocycles. The fourth-order valence-electron chi connectivity index (χ4n) is 3.43. The van der Waals surface area contributed by atoms with E-state index in [-0.39, 0.29) is 28.6 Å². The quantitative estimate of drug-likeness (QED) is 0.741. The topological polar surface area (TPSA) is 59.0 Å². The molecule has 2 aliphatic heterocycles. The van der Waals surface area contributed by atoms with Gasteiger partial charge >= 0.3 is 0 Å². The number of ether oxygens (including phenoxy) is 1. The first-order valence-corrected chi connectivity index (χ1v) is 11.8. The molecular formula is C20H21FN2O3S2. The highest BCUT2D eigenvalue weighted by molar-refractivity contribution is 8.15. The summed E-state index contributed by atoms with van der Waals surface area (Å²) in [7, 11) is -3.02. The van der Waals surface area contributed by atoms with E-state index < -0.39 is 9.84 Å². The molecule has 28 heavy (non-hydrogen) atoms. The van der Waals surface area contributed by atoms with Gasteiger partial charge in [0.15, 0.2) is 15.0 Å². The number of nitrogens with zero attached hydrogens (tertiary/aromatic N) is 2. The number of sulfone groups is 1. The maximum absolute atomic E-state index is 14.3. The zero-order valence-electron chi connectivity index (χ0n) is 15.4. The van der Waals surface area contributed by atoms with Crippen molar-refractivity contribution in [1.29, 1.82) is 0 Å². The Morgan fingerprint density at radius 2 is 1.93 bits per heavy atom. The van der Waals surface area contributed by atoms with Crippen molar-refractivity contribution >= 4 is 32.5 Å². The van der Waals surface area contributed by atoms with Gasteiger partial charge < -0.3 is 9.64 Å². The molecule has 0 aromatic heterocycles. The summed E-state index contributed by atoms with van der Waals surface area (Å²) in [5, 5.41) is 0.670. The average Bonchev–Trinajstić information content (AvgIpc) is 3.15. The van der Waals surface area contributed by atoms with E-state index in [0.717, 1.165) is 16.6 Å². The van der Waals surface area contributed by atoms with Gasteiger partial charge in [0.05, 0.1) is 30.7 Å². The standard InChI is InChI=1S/C20H21FN2O3S2/c1-2-26-16-9-7-15(8-10-16)23(11-14-5-3-4-6-17(14)21)20-22-18-12-28(24,25)13-19(18)27-20/h3-10,18-19H,2,11-13H2,1H3/t18-,19+/m1/s1. The van der Waals surface area contributed by atoms with Crippen LogP contribution < -0.4 is 9.64 Å². The van der Waals surface area contributed by atoms with E-state index in [1.807, 2.05) is 36.1 Å². The van der Waals surface area contributed by atoms with Crippen LogP contribution in [0.2, 0.25) is 0 Å². The summed E-state index contributed by atoms with van der Waals surface area (Å²) in [6.45, 7) is 2.83. The van der Waals surface area contributed by atoms with Gasteiger partial charge in [0.1, 0.15) is 11.6 Å². The number of hydrogen-bond donors (Lipinski definition) is 0. The molecule has 2 aliphatic rings. The van der Waals surface area contributed by atoms with Gasteiger partial charge in [0.25, 0.3) is 0 Å². The first kappa shape index (κ1) is 19.3. The molecule has 0 N–H and O–H groups in total. The van der Waals surface area contributed by atoms with Crippen LogP contribution in [-0.2, 0) is 16.4 Å². The van der Waals surface area contributed by atoms with Crippen LogP contribution in [0.5, 0.6) is 5.75 Å². The Kier molecular flexibility index (Phi) is 5.33. The first-order chi connectivity index (χ1) is 13.4. The lowest BCUT2D eigenvalue weighted by atomic mass is 10.2. The Balaban J connectivity index is 1.65. The molecule has 0 amide bonds. The predicted octanol–water partition coefficient (Wildman–Crippen LogP) is 3.50. The minimum Gasteiger partial charge on any atom is -0.494 e. The molecule has 2 aromatic rings. The molecule has 8 heteroatoms. The highest BCUT2D eigenvalue weighted by Gasteiger charge is 2.44. The molecule has 0 aliphatic carbocycles. The smallest absolute Gasteiger partial charge is 0.164 e. The molecule has 4 rings (SSSR count). The van der Waals surface area contributed by atoms with Crippen LogP contribution >= 0.6 is 11.8 Å². The monoisotopic (exact) mass is 420 g/mol. The fourth-order valence-corrected chi connectivity index (χ4v) is 7.21. The third-order valence-corrected chi connectivity index (χ3v) is 8.03. The van der Waals surface area contributed by atoms with E-state index in [0.29, 0.717) is 18.7 Å². The van der Waals surface area contributed by atoms with E-state index in [4.69, 9.17) is 4.74 Å². The van der Waals surface area contributed by atoms with Crippen LogP contribution in [0, 0.1) is 5.82 Å². The number of fused-ring (bicyclic) bond motifs is 1. The summed E-state index contributed by atoms with van der Waals surface area (Å²) in [5.74, 6) is 0.725. The van der Waals surface area contributed by atoms with Gasteiger partial charge in [-0.2, -0.15) is 0 Å². The molecular weight excluding hydrogens is 399 g/mol. The highest BCUT2D eigenvalue weighted by atomic mass is 32.2. The molecule has 0 spiro atoms. The van der Waals surface area contributed by atoms with E-state index in [1.165, 1.54) is 17.8 Å². The number of thioether (sulfide) groups is 1. The van der Waals surface area contributed by atoms with Crippen LogP contribution in [0.15, 0.2) is 53.5 Å². The second-order valence-electron chi connectivity index (χ2n) is 6.82. The lowest BCUT2D eigenvalue weighted by Crippen LogP contribution is -2.28. The van der Waals surface area contributed by atoms with Crippen molar-refractivity contribution in [2.45, 2.75) is 24.8 Å². The Bertz CT molecular complexity index is 993. The highest BCUT2D eigenvalue weighted by Crippen LogP contribution is 2.37. The van der Waals surface area contributed by atoms with Crippen molar-refractivity contribution in [2.75, 3.05) is 23.0 Å². The number of benzene rings is 2. The van der Waals surface area contributed by atoms with E-state index in [2.05, 4.69) is 4.99 Å². The fraction of sp³-hybridized carbons (Fsp3) is 0.350. The molecule has 0 radical (unpaired) electrons. The molecule has 2 aromatic carbocycles. The van der Waals surface area contributed by atoms with Crippen LogP contribution in [0.25, 0.3) is 0 Å². The van der Waals surface area contributed by atoms with Crippen molar-refractivity contribution in [3.8, 4) is 5.75 Å². The number of amidine groups is 1. The van der Waals surface area contributed by atoms with E-state index >= 15 is 0 Å². The Morgan fingerprint density at radius 3 is 2.61 bits per heavy atom. The zero-order valence-corrected chi connectivity index (χ0v) is 17.0. The molecule has 0 saturated carbocycles. The van der Waals surface area contributed by atoms with Crippen molar-refractivity contribution in [3.63, 3.8) is 0 Å². The molecule has 2 atom stereocenters. The van der Waals surface area contributed by atoms with Gasteiger partial charge in [-0.25, -0.2) is 12.8 Å². The third kappa shape index (κ3) is 4.03.